The molecule has 3 saturated heterocycles. The predicted octanol–water partition coefficient (Wildman–Crippen LogP) is 2.04. The number of rotatable bonds is 3. The second kappa shape index (κ2) is 8.05. The highest BCUT2D eigenvalue weighted by Gasteiger charge is 2.38. The molecular formula is C20H28N4O4. The minimum atomic E-state index is -0.385. The lowest BCUT2D eigenvalue weighted by Gasteiger charge is -2.45. The number of morpholine rings is 1. The van der Waals surface area contributed by atoms with Crippen molar-refractivity contribution in [1.82, 2.24) is 10.2 Å². The highest BCUT2D eigenvalue weighted by atomic mass is 16.6. The first-order valence-corrected chi connectivity index (χ1v) is 10.2. The van der Waals surface area contributed by atoms with Crippen molar-refractivity contribution in [3.05, 3.63) is 33.9 Å². The maximum Gasteiger partial charge on any atom is 0.293 e. The highest BCUT2D eigenvalue weighted by molar-refractivity contribution is 5.96. The number of benzene rings is 1. The Morgan fingerprint density at radius 2 is 1.96 bits per heavy atom. The molecule has 28 heavy (non-hydrogen) atoms. The zero-order valence-corrected chi connectivity index (χ0v) is 16.2. The monoisotopic (exact) mass is 388 g/mol. The molecule has 4 rings (SSSR count). The third-order valence-electron chi connectivity index (χ3n) is 6.28. The van der Waals surface area contributed by atoms with Crippen LogP contribution in [-0.2, 0) is 4.74 Å². The molecule has 1 aromatic carbocycles. The number of nitro benzene ring substituents is 1. The number of hydrogen-bond acceptors (Lipinski definition) is 6. The Labute approximate surface area is 165 Å². The molecule has 1 spiro atoms. The molecule has 3 aliphatic heterocycles. The number of likely N-dealkylation sites (tertiary alicyclic amines) is 1. The predicted molar refractivity (Wildman–Crippen MR) is 106 cm³/mol. The number of nitro groups is 1. The third-order valence-corrected chi connectivity index (χ3v) is 6.28. The molecule has 8 heteroatoms. The minimum Gasteiger partial charge on any atom is -0.378 e. The van der Waals surface area contributed by atoms with Gasteiger partial charge in [-0.3, -0.25) is 14.9 Å². The molecule has 8 nitrogen and oxygen atoms in total. The van der Waals surface area contributed by atoms with Crippen molar-refractivity contribution in [2.45, 2.75) is 25.7 Å². The summed E-state index contributed by atoms with van der Waals surface area (Å²) < 4.78 is 5.34. The van der Waals surface area contributed by atoms with E-state index in [1.807, 2.05) is 9.80 Å². The topological polar surface area (TPSA) is 88.0 Å². The van der Waals surface area contributed by atoms with Crippen LogP contribution in [0.5, 0.6) is 0 Å². The molecule has 0 saturated carbocycles. The molecule has 1 aromatic rings. The second-order valence-corrected chi connectivity index (χ2v) is 8.17. The van der Waals surface area contributed by atoms with Crippen LogP contribution in [0.15, 0.2) is 18.2 Å². The number of anilines is 1. The van der Waals surface area contributed by atoms with E-state index in [0.29, 0.717) is 37.6 Å². The van der Waals surface area contributed by atoms with Crippen molar-refractivity contribution in [3.8, 4) is 0 Å². The van der Waals surface area contributed by atoms with Crippen LogP contribution >= 0.6 is 0 Å². The number of ether oxygens (including phenoxy) is 1. The summed E-state index contributed by atoms with van der Waals surface area (Å²) in [4.78, 5) is 28.3. The zero-order valence-electron chi connectivity index (χ0n) is 16.2. The number of carbonyl (C=O) groups is 1. The van der Waals surface area contributed by atoms with E-state index in [0.717, 1.165) is 51.9 Å². The van der Waals surface area contributed by atoms with Gasteiger partial charge in [-0.05, 0) is 44.4 Å². The van der Waals surface area contributed by atoms with Gasteiger partial charge < -0.3 is 19.9 Å². The molecule has 3 fully saturated rings. The van der Waals surface area contributed by atoms with Gasteiger partial charge in [0.15, 0.2) is 0 Å². The number of hydrogen-bond donors (Lipinski definition) is 1. The van der Waals surface area contributed by atoms with E-state index in [9.17, 15) is 14.9 Å². The van der Waals surface area contributed by atoms with Gasteiger partial charge in [0.25, 0.3) is 11.6 Å². The van der Waals surface area contributed by atoms with E-state index in [1.54, 1.807) is 12.1 Å². The Kier molecular flexibility index (Phi) is 5.50. The molecule has 1 N–H and O–H groups in total. The normalized spacial score (nSPS) is 25.7. The molecule has 152 valence electrons. The summed E-state index contributed by atoms with van der Waals surface area (Å²) in [7, 11) is 0. The van der Waals surface area contributed by atoms with Gasteiger partial charge in [0, 0.05) is 49.8 Å². The largest absolute Gasteiger partial charge is 0.378 e. The number of piperidine rings is 2. The standard InChI is InChI=1S/C20H28N4O4/c25-19(23-8-2-6-20(15-23)5-1-7-21-14-20)16-3-4-17(18(13-16)24(26)27)22-9-11-28-12-10-22/h3-4,13,21H,1-2,5-12,14-15H2. The Bertz CT molecular complexity index is 736. The number of amides is 1. The van der Waals surface area contributed by atoms with E-state index < -0.39 is 0 Å². The fraction of sp³-hybridized carbons (Fsp3) is 0.650. The van der Waals surface area contributed by atoms with Crippen molar-refractivity contribution >= 4 is 17.3 Å². The lowest BCUT2D eigenvalue weighted by molar-refractivity contribution is -0.384. The third kappa shape index (κ3) is 3.84. The van der Waals surface area contributed by atoms with Crippen LogP contribution < -0.4 is 10.2 Å². The fourth-order valence-electron chi connectivity index (χ4n) is 4.82. The molecule has 3 aliphatic rings. The van der Waals surface area contributed by atoms with Crippen LogP contribution in [0.25, 0.3) is 0 Å². The summed E-state index contributed by atoms with van der Waals surface area (Å²) in [6.07, 6.45) is 4.41. The molecule has 3 heterocycles. The van der Waals surface area contributed by atoms with E-state index in [4.69, 9.17) is 4.74 Å². The van der Waals surface area contributed by atoms with Crippen LogP contribution in [0.2, 0.25) is 0 Å². The fourth-order valence-corrected chi connectivity index (χ4v) is 4.82. The van der Waals surface area contributed by atoms with Gasteiger partial charge in [-0.1, -0.05) is 0 Å². The molecule has 1 amide bonds. The van der Waals surface area contributed by atoms with Crippen LogP contribution in [0.4, 0.5) is 11.4 Å². The van der Waals surface area contributed by atoms with Crippen molar-refractivity contribution in [3.63, 3.8) is 0 Å². The van der Waals surface area contributed by atoms with Gasteiger partial charge in [-0.25, -0.2) is 0 Å². The SMILES string of the molecule is O=C(c1ccc(N2CCOCC2)c([N+](=O)[O-])c1)N1CCCC2(CCCNC2)C1. The van der Waals surface area contributed by atoms with Crippen molar-refractivity contribution < 1.29 is 14.5 Å². The van der Waals surface area contributed by atoms with Gasteiger partial charge in [-0.2, -0.15) is 0 Å². The van der Waals surface area contributed by atoms with E-state index in [2.05, 4.69) is 5.32 Å². The number of nitrogens with zero attached hydrogens (tertiary/aromatic N) is 3. The van der Waals surface area contributed by atoms with Gasteiger partial charge in [0.1, 0.15) is 5.69 Å². The maximum absolute atomic E-state index is 13.1. The Morgan fingerprint density at radius 1 is 1.18 bits per heavy atom. The van der Waals surface area contributed by atoms with Gasteiger partial charge >= 0.3 is 0 Å². The first-order chi connectivity index (χ1) is 13.6. The second-order valence-electron chi connectivity index (χ2n) is 8.17. The number of nitrogens with one attached hydrogen (secondary N) is 1. The molecule has 1 atom stereocenters. The average molecular weight is 388 g/mol. The van der Waals surface area contributed by atoms with E-state index >= 15 is 0 Å². The van der Waals surface area contributed by atoms with Crippen molar-refractivity contribution in [1.29, 1.82) is 0 Å². The summed E-state index contributed by atoms with van der Waals surface area (Å²) in [6.45, 7) is 5.81. The summed E-state index contributed by atoms with van der Waals surface area (Å²) in [5.74, 6) is -0.0960. The molecule has 0 aromatic heterocycles. The van der Waals surface area contributed by atoms with Crippen LogP contribution in [0.3, 0.4) is 0 Å². The zero-order chi connectivity index (χ0) is 19.6. The molecule has 0 radical (unpaired) electrons. The molecule has 0 aliphatic carbocycles. The Balaban J connectivity index is 1.55. The minimum absolute atomic E-state index is 0.00111. The van der Waals surface area contributed by atoms with Gasteiger partial charge in [-0.15, -0.1) is 0 Å². The van der Waals surface area contributed by atoms with E-state index in [1.165, 1.54) is 6.07 Å². The molecule has 0 bridgehead atoms. The molecular weight excluding hydrogens is 360 g/mol. The first-order valence-electron chi connectivity index (χ1n) is 10.2. The van der Waals surface area contributed by atoms with Crippen LogP contribution in [0, 0.1) is 15.5 Å². The lowest BCUT2D eigenvalue weighted by atomic mass is 9.74. The van der Waals surface area contributed by atoms with E-state index in [-0.39, 0.29) is 21.9 Å². The van der Waals surface area contributed by atoms with Gasteiger partial charge in [0.2, 0.25) is 0 Å². The first kappa shape index (κ1) is 19.1. The molecule has 1 unspecified atom stereocenters. The smallest absolute Gasteiger partial charge is 0.293 e. The maximum atomic E-state index is 13.1. The van der Waals surface area contributed by atoms with Crippen molar-refractivity contribution in [2.75, 3.05) is 57.4 Å². The quantitative estimate of drug-likeness (QED) is 0.630. The Hall–Kier alpha value is -2.19. The summed E-state index contributed by atoms with van der Waals surface area (Å²) in [5.41, 5.74) is 1.13. The van der Waals surface area contributed by atoms with Crippen LogP contribution in [-0.4, -0.2) is 68.2 Å². The Morgan fingerprint density at radius 3 is 2.68 bits per heavy atom. The summed E-state index contributed by atoms with van der Waals surface area (Å²) in [5, 5.41) is 15.1. The summed E-state index contributed by atoms with van der Waals surface area (Å²) in [6, 6.07) is 4.91. The number of carbonyl (C=O) groups excluding carboxylic acids is 1. The summed E-state index contributed by atoms with van der Waals surface area (Å²) >= 11 is 0. The lowest BCUT2D eigenvalue weighted by Crippen LogP contribution is -2.52. The van der Waals surface area contributed by atoms with Gasteiger partial charge in [0.05, 0.1) is 18.1 Å². The average Bonchev–Trinajstić information content (AvgIpc) is 2.74. The highest BCUT2D eigenvalue weighted by Crippen LogP contribution is 2.37. The van der Waals surface area contributed by atoms with Crippen LogP contribution in [0.1, 0.15) is 36.0 Å². The van der Waals surface area contributed by atoms with Crippen molar-refractivity contribution in [2.24, 2.45) is 5.41 Å².